The van der Waals surface area contributed by atoms with Crippen molar-refractivity contribution >= 4 is 11.9 Å². The fraction of sp³-hybridized carbons (Fsp3) is 0.758. The molecule has 0 spiro atoms. The molecular formula is C33H56N2O7. The zero-order valence-corrected chi connectivity index (χ0v) is 26.7. The van der Waals surface area contributed by atoms with Crippen molar-refractivity contribution in [1.29, 1.82) is 0 Å². The molecule has 1 aromatic carbocycles. The molecule has 42 heavy (non-hydrogen) atoms. The number of nitrogens with two attached hydrogens (primary N) is 1. The van der Waals surface area contributed by atoms with E-state index in [1.54, 1.807) is 14.2 Å². The fourth-order valence-electron chi connectivity index (χ4n) is 5.95. The van der Waals surface area contributed by atoms with Crippen LogP contribution in [-0.2, 0) is 20.7 Å². The van der Waals surface area contributed by atoms with Gasteiger partial charge in [-0.1, -0.05) is 53.0 Å². The Kier molecular flexibility index (Phi) is 15.1. The predicted molar refractivity (Wildman–Crippen MR) is 165 cm³/mol. The van der Waals surface area contributed by atoms with E-state index < -0.39 is 29.4 Å². The number of aliphatic carboxylic acids is 1. The highest BCUT2D eigenvalue weighted by molar-refractivity contribution is 5.81. The second kappa shape index (κ2) is 17.7. The molecule has 0 aromatic heterocycles. The SMILES string of the molecule is COCCCOc1cc(C[C@@H](C[C@H](N)[C@@H](O)C[C@H](C(=O)NCC2(C(=O)O)CCCCC2)C(C)C)C(C)C)ccc1OC. The number of ether oxygens (including phenoxy) is 3. The molecule has 0 saturated heterocycles. The minimum absolute atomic E-state index is 0.0264. The number of carboxylic acid groups (broad SMARTS) is 1. The Morgan fingerprint density at radius 3 is 2.26 bits per heavy atom. The topological polar surface area (TPSA) is 140 Å². The van der Waals surface area contributed by atoms with E-state index in [1.165, 1.54) is 0 Å². The van der Waals surface area contributed by atoms with Crippen LogP contribution in [0.3, 0.4) is 0 Å². The second-order valence-corrected chi connectivity index (χ2v) is 12.8. The number of hydrogen-bond donors (Lipinski definition) is 4. The number of benzene rings is 1. The van der Waals surface area contributed by atoms with Gasteiger partial charge >= 0.3 is 5.97 Å². The number of carbonyl (C=O) groups excluding carboxylic acids is 1. The molecule has 0 bridgehead atoms. The highest BCUT2D eigenvalue weighted by Gasteiger charge is 2.40. The molecular weight excluding hydrogens is 536 g/mol. The summed E-state index contributed by atoms with van der Waals surface area (Å²) in [4.78, 5) is 25.3. The van der Waals surface area contributed by atoms with E-state index in [1.807, 2.05) is 32.0 Å². The summed E-state index contributed by atoms with van der Waals surface area (Å²) in [5, 5.41) is 23.9. The third-order valence-corrected chi connectivity index (χ3v) is 8.99. The first-order valence-electron chi connectivity index (χ1n) is 15.7. The molecule has 1 aliphatic rings. The number of rotatable bonds is 19. The molecule has 240 valence electrons. The molecule has 0 unspecified atom stereocenters. The van der Waals surface area contributed by atoms with Crippen molar-refractivity contribution in [3.8, 4) is 11.5 Å². The lowest BCUT2D eigenvalue weighted by atomic mass is 9.74. The molecule has 1 aromatic rings. The maximum absolute atomic E-state index is 13.2. The summed E-state index contributed by atoms with van der Waals surface area (Å²) in [7, 11) is 3.29. The third-order valence-electron chi connectivity index (χ3n) is 8.99. The summed E-state index contributed by atoms with van der Waals surface area (Å²) in [6, 6.07) is 5.46. The number of carboxylic acids is 1. The van der Waals surface area contributed by atoms with Gasteiger partial charge in [0.2, 0.25) is 5.91 Å². The number of aliphatic hydroxyl groups excluding tert-OH is 1. The number of methoxy groups -OCH3 is 2. The van der Waals surface area contributed by atoms with E-state index in [4.69, 9.17) is 19.9 Å². The van der Waals surface area contributed by atoms with Gasteiger partial charge in [-0.15, -0.1) is 0 Å². The summed E-state index contributed by atoms with van der Waals surface area (Å²) in [5.41, 5.74) is 6.77. The van der Waals surface area contributed by atoms with Gasteiger partial charge in [0.15, 0.2) is 11.5 Å². The molecule has 1 amide bonds. The molecule has 1 aliphatic carbocycles. The minimum atomic E-state index is -0.898. The van der Waals surface area contributed by atoms with Gasteiger partial charge in [0, 0.05) is 38.6 Å². The first-order chi connectivity index (χ1) is 19.9. The van der Waals surface area contributed by atoms with Gasteiger partial charge in [0.25, 0.3) is 0 Å². The van der Waals surface area contributed by atoms with Crippen LogP contribution in [-0.4, -0.2) is 68.2 Å². The van der Waals surface area contributed by atoms with Crippen LogP contribution in [0.15, 0.2) is 18.2 Å². The van der Waals surface area contributed by atoms with Crippen LogP contribution in [0, 0.1) is 29.1 Å². The molecule has 9 heteroatoms. The summed E-state index contributed by atoms with van der Waals surface area (Å²) in [5.74, 6) is 0.368. The van der Waals surface area contributed by atoms with Crippen molar-refractivity contribution < 1.29 is 34.0 Å². The molecule has 2 rings (SSSR count). The zero-order valence-electron chi connectivity index (χ0n) is 26.7. The fourth-order valence-corrected chi connectivity index (χ4v) is 5.95. The van der Waals surface area contributed by atoms with Crippen LogP contribution in [0.1, 0.15) is 84.6 Å². The lowest BCUT2D eigenvalue weighted by Gasteiger charge is -2.34. The van der Waals surface area contributed by atoms with E-state index in [0.29, 0.717) is 49.9 Å². The molecule has 1 fully saturated rings. The monoisotopic (exact) mass is 592 g/mol. The number of nitrogens with one attached hydrogen (secondary N) is 1. The van der Waals surface area contributed by atoms with Gasteiger partial charge in [0.05, 0.1) is 25.2 Å². The summed E-state index contributed by atoms with van der Waals surface area (Å²) in [6.07, 6.45) is 5.43. The first kappa shape index (κ1) is 35.8. The van der Waals surface area contributed by atoms with Crippen LogP contribution in [0.4, 0.5) is 0 Å². The van der Waals surface area contributed by atoms with Crippen molar-refractivity contribution in [3.05, 3.63) is 23.8 Å². The van der Waals surface area contributed by atoms with Crippen molar-refractivity contribution in [2.75, 3.05) is 34.0 Å². The summed E-state index contributed by atoms with van der Waals surface area (Å²) < 4.78 is 16.5. The molecule has 0 heterocycles. The maximum atomic E-state index is 13.2. The lowest BCUT2D eigenvalue weighted by molar-refractivity contribution is -0.151. The van der Waals surface area contributed by atoms with Crippen molar-refractivity contribution in [2.45, 2.75) is 97.6 Å². The summed E-state index contributed by atoms with van der Waals surface area (Å²) >= 11 is 0. The van der Waals surface area contributed by atoms with Crippen LogP contribution in [0.2, 0.25) is 0 Å². The average molecular weight is 593 g/mol. The number of carbonyl (C=O) groups is 2. The highest BCUT2D eigenvalue weighted by Crippen LogP contribution is 2.36. The first-order valence-corrected chi connectivity index (χ1v) is 15.7. The number of hydrogen-bond acceptors (Lipinski definition) is 7. The van der Waals surface area contributed by atoms with Gasteiger partial charge in [-0.25, -0.2) is 0 Å². The quantitative estimate of drug-likeness (QED) is 0.168. The van der Waals surface area contributed by atoms with Crippen LogP contribution in [0.25, 0.3) is 0 Å². The van der Waals surface area contributed by atoms with Crippen molar-refractivity contribution in [1.82, 2.24) is 5.32 Å². The van der Waals surface area contributed by atoms with Crippen LogP contribution < -0.4 is 20.5 Å². The standard InChI is InChI=1S/C33H56N2O7/c1-22(2)25(17-24-11-12-29(41-6)30(18-24)42-16-10-15-40-5)19-27(34)28(36)20-26(23(3)4)31(37)35-21-33(32(38)39)13-8-7-9-14-33/h11-12,18,22-23,25-28,36H,7-10,13-17,19-21,34H2,1-6H3,(H,35,37)(H,38,39)/t25-,26-,27-,28-/m0/s1. The van der Waals surface area contributed by atoms with E-state index in [2.05, 4.69) is 19.2 Å². The van der Waals surface area contributed by atoms with Gasteiger partial charge in [-0.2, -0.15) is 0 Å². The van der Waals surface area contributed by atoms with Crippen molar-refractivity contribution in [2.24, 2.45) is 34.8 Å². The van der Waals surface area contributed by atoms with Crippen LogP contribution >= 0.6 is 0 Å². The second-order valence-electron chi connectivity index (χ2n) is 12.8. The Labute approximate surface area is 252 Å². The summed E-state index contributed by atoms with van der Waals surface area (Å²) in [6.45, 7) is 9.49. The van der Waals surface area contributed by atoms with E-state index in [9.17, 15) is 19.8 Å². The minimum Gasteiger partial charge on any atom is -0.493 e. The zero-order chi connectivity index (χ0) is 31.3. The average Bonchev–Trinajstić information content (AvgIpc) is 2.96. The normalized spacial score (nSPS) is 17.9. The Morgan fingerprint density at radius 1 is 1.00 bits per heavy atom. The highest BCUT2D eigenvalue weighted by atomic mass is 16.5. The number of amides is 1. The van der Waals surface area contributed by atoms with Crippen LogP contribution in [0.5, 0.6) is 11.5 Å². The van der Waals surface area contributed by atoms with Crippen molar-refractivity contribution in [3.63, 3.8) is 0 Å². The maximum Gasteiger partial charge on any atom is 0.311 e. The molecule has 0 radical (unpaired) electrons. The molecule has 0 aliphatic heterocycles. The largest absolute Gasteiger partial charge is 0.493 e. The third kappa shape index (κ3) is 10.7. The van der Waals surface area contributed by atoms with E-state index >= 15 is 0 Å². The molecule has 4 atom stereocenters. The van der Waals surface area contributed by atoms with Gasteiger partial charge in [0.1, 0.15) is 0 Å². The van der Waals surface area contributed by atoms with E-state index in [0.717, 1.165) is 37.7 Å². The lowest BCUT2D eigenvalue weighted by Crippen LogP contribution is -2.47. The van der Waals surface area contributed by atoms with Gasteiger partial charge in [-0.3, -0.25) is 9.59 Å². The molecule has 9 nitrogen and oxygen atoms in total. The van der Waals surface area contributed by atoms with Gasteiger partial charge < -0.3 is 35.5 Å². The Bertz CT molecular complexity index is 962. The van der Waals surface area contributed by atoms with Gasteiger partial charge in [-0.05, 0) is 67.6 Å². The Hall–Kier alpha value is -2.36. The molecule has 5 N–H and O–H groups in total. The smallest absolute Gasteiger partial charge is 0.311 e. The molecule has 1 saturated carbocycles. The Morgan fingerprint density at radius 2 is 1.69 bits per heavy atom. The predicted octanol–water partition coefficient (Wildman–Crippen LogP) is 4.82. The van der Waals surface area contributed by atoms with E-state index in [-0.39, 0.29) is 30.7 Å². The number of aliphatic hydroxyl groups is 1. The Balaban J connectivity index is 2.02.